The number of nitrogens with zero attached hydrogens (tertiary/aromatic N) is 1. The molecule has 16 heavy (non-hydrogen) atoms. The van der Waals surface area contributed by atoms with E-state index in [2.05, 4.69) is 42.3 Å². The maximum Gasteiger partial charge on any atom is 0.0502 e. The van der Waals surface area contributed by atoms with Crippen LogP contribution in [-0.2, 0) is 4.74 Å². The van der Waals surface area contributed by atoms with E-state index in [0.29, 0.717) is 11.8 Å². The first-order valence-corrected chi connectivity index (χ1v) is 6.02. The molecule has 1 heterocycles. The quantitative estimate of drug-likeness (QED) is 0.774. The Bertz CT molecular complexity index is 312. The zero-order chi connectivity index (χ0) is 11.4. The maximum atomic E-state index is 5.29. The fourth-order valence-electron chi connectivity index (χ4n) is 2.77. The van der Waals surface area contributed by atoms with Crippen LogP contribution in [0.2, 0.25) is 0 Å². The van der Waals surface area contributed by atoms with Crippen molar-refractivity contribution in [3.05, 3.63) is 35.9 Å². The minimum atomic E-state index is 0.667. The van der Waals surface area contributed by atoms with Gasteiger partial charge in [0, 0.05) is 20.2 Å². The molecule has 0 aromatic heterocycles. The highest BCUT2D eigenvalue weighted by Crippen LogP contribution is 2.29. The fraction of sp³-hybridized carbons (Fsp3) is 0.571. The molecule has 1 aliphatic rings. The molecule has 88 valence electrons. The Morgan fingerprint density at radius 3 is 2.69 bits per heavy atom. The Labute approximate surface area is 98.2 Å². The van der Waals surface area contributed by atoms with Gasteiger partial charge in [0.05, 0.1) is 6.61 Å². The number of methoxy groups -OCH3 is 1. The molecule has 0 bridgehead atoms. The minimum absolute atomic E-state index is 0.667. The summed E-state index contributed by atoms with van der Waals surface area (Å²) in [5, 5.41) is 0. The van der Waals surface area contributed by atoms with Gasteiger partial charge >= 0.3 is 0 Å². The highest BCUT2D eigenvalue weighted by Gasteiger charge is 2.25. The molecule has 0 aliphatic carbocycles. The van der Waals surface area contributed by atoms with Crippen LogP contribution in [0.4, 0.5) is 0 Å². The zero-order valence-electron chi connectivity index (χ0n) is 10.2. The van der Waals surface area contributed by atoms with Crippen molar-refractivity contribution in [3.63, 3.8) is 0 Å². The number of rotatable bonds is 3. The smallest absolute Gasteiger partial charge is 0.0502 e. The van der Waals surface area contributed by atoms with Crippen LogP contribution in [0, 0.1) is 5.92 Å². The maximum absolute atomic E-state index is 5.29. The molecule has 1 saturated heterocycles. The third-order valence-electron chi connectivity index (χ3n) is 3.39. The van der Waals surface area contributed by atoms with E-state index in [0.717, 1.165) is 13.2 Å². The Balaban J connectivity index is 2.04. The Hall–Kier alpha value is -0.860. The lowest BCUT2D eigenvalue weighted by molar-refractivity contribution is 0.0927. The van der Waals surface area contributed by atoms with E-state index in [1.807, 2.05) is 0 Å². The number of ether oxygens (including phenoxy) is 1. The van der Waals surface area contributed by atoms with Gasteiger partial charge in [-0.3, -0.25) is 0 Å². The van der Waals surface area contributed by atoms with Gasteiger partial charge < -0.3 is 9.64 Å². The molecule has 2 rings (SSSR count). The predicted molar refractivity (Wildman–Crippen MR) is 66.7 cm³/mol. The monoisotopic (exact) mass is 219 g/mol. The summed E-state index contributed by atoms with van der Waals surface area (Å²) >= 11 is 0. The van der Waals surface area contributed by atoms with Crippen molar-refractivity contribution >= 4 is 0 Å². The SMILES string of the molecule is COC[C@@H]1C[C@@H](c2ccccc2)CN(C)C1. The van der Waals surface area contributed by atoms with E-state index < -0.39 is 0 Å². The highest BCUT2D eigenvalue weighted by atomic mass is 16.5. The molecule has 2 nitrogen and oxygen atoms in total. The fourth-order valence-corrected chi connectivity index (χ4v) is 2.77. The van der Waals surface area contributed by atoms with Crippen LogP contribution in [0.1, 0.15) is 17.9 Å². The van der Waals surface area contributed by atoms with E-state index in [1.165, 1.54) is 18.5 Å². The van der Waals surface area contributed by atoms with E-state index >= 15 is 0 Å². The Morgan fingerprint density at radius 1 is 1.25 bits per heavy atom. The average molecular weight is 219 g/mol. The molecular weight excluding hydrogens is 198 g/mol. The largest absolute Gasteiger partial charge is 0.384 e. The first kappa shape index (κ1) is 11.6. The van der Waals surface area contributed by atoms with Gasteiger partial charge in [-0.15, -0.1) is 0 Å². The van der Waals surface area contributed by atoms with E-state index in [1.54, 1.807) is 7.11 Å². The number of hydrogen-bond donors (Lipinski definition) is 0. The number of hydrogen-bond acceptors (Lipinski definition) is 2. The lowest BCUT2D eigenvalue weighted by Crippen LogP contribution is -2.38. The second-order valence-electron chi connectivity index (χ2n) is 4.89. The van der Waals surface area contributed by atoms with Crippen molar-refractivity contribution in [1.29, 1.82) is 0 Å². The first-order chi connectivity index (χ1) is 7.79. The molecule has 1 aromatic carbocycles. The lowest BCUT2D eigenvalue weighted by atomic mass is 9.85. The van der Waals surface area contributed by atoms with Crippen molar-refractivity contribution < 1.29 is 4.74 Å². The van der Waals surface area contributed by atoms with Gasteiger partial charge in [-0.05, 0) is 30.9 Å². The van der Waals surface area contributed by atoms with E-state index in [4.69, 9.17) is 4.74 Å². The Kier molecular flexibility index (Phi) is 3.97. The lowest BCUT2D eigenvalue weighted by Gasteiger charge is -2.35. The molecule has 1 aromatic rings. The summed E-state index contributed by atoms with van der Waals surface area (Å²) in [6.07, 6.45) is 1.25. The van der Waals surface area contributed by atoms with Crippen LogP contribution in [0.3, 0.4) is 0 Å². The number of piperidine rings is 1. The van der Waals surface area contributed by atoms with Crippen LogP contribution in [0.5, 0.6) is 0 Å². The van der Waals surface area contributed by atoms with Gasteiger partial charge in [0.25, 0.3) is 0 Å². The molecule has 1 fully saturated rings. The van der Waals surface area contributed by atoms with Crippen molar-refractivity contribution in [2.45, 2.75) is 12.3 Å². The molecule has 2 heteroatoms. The second kappa shape index (κ2) is 5.46. The van der Waals surface area contributed by atoms with Crippen LogP contribution < -0.4 is 0 Å². The Morgan fingerprint density at radius 2 is 2.00 bits per heavy atom. The molecule has 0 spiro atoms. The molecule has 0 radical (unpaired) electrons. The molecule has 0 amide bonds. The molecule has 0 saturated carbocycles. The summed E-state index contributed by atoms with van der Waals surface area (Å²) in [7, 11) is 4.00. The van der Waals surface area contributed by atoms with Gasteiger partial charge in [-0.1, -0.05) is 30.3 Å². The minimum Gasteiger partial charge on any atom is -0.384 e. The summed E-state index contributed by atoms with van der Waals surface area (Å²) in [6, 6.07) is 10.8. The van der Waals surface area contributed by atoms with Crippen LogP contribution in [0.15, 0.2) is 30.3 Å². The normalized spacial score (nSPS) is 26.9. The highest BCUT2D eigenvalue weighted by molar-refractivity contribution is 5.20. The second-order valence-corrected chi connectivity index (χ2v) is 4.89. The van der Waals surface area contributed by atoms with Crippen LogP contribution in [0.25, 0.3) is 0 Å². The molecule has 0 unspecified atom stereocenters. The summed E-state index contributed by atoms with van der Waals surface area (Å²) in [5.41, 5.74) is 1.47. The number of likely N-dealkylation sites (tertiary alicyclic amines) is 1. The third-order valence-corrected chi connectivity index (χ3v) is 3.39. The van der Waals surface area contributed by atoms with Gasteiger partial charge in [-0.25, -0.2) is 0 Å². The predicted octanol–water partition coefficient (Wildman–Crippen LogP) is 2.37. The summed E-state index contributed by atoms with van der Waals surface area (Å²) in [5.74, 6) is 1.34. The molecule has 0 N–H and O–H groups in total. The molecule has 2 atom stereocenters. The van der Waals surface area contributed by atoms with Gasteiger partial charge in [0.1, 0.15) is 0 Å². The summed E-state index contributed by atoms with van der Waals surface area (Å²) in [4.78, 5) is 2.42. The summed E-state index contributed by atoms with van der Waals surface area (Å²) in [6.45, 7) is 3.22. The summed E-state index contributed by atoms with van der Waals surface area (Å²) < 4.78 is 5.29. The van der Waals surface area contributed by atoms with Crippen molar-refractivity contribution in [2.24, 2.45) is 5.92 Å². The van der Waals surface area contributed by atoms with Crippen molar-refractivity contribution in [3.8, 4) is 0 Å². The van der Waals surface area contributed by atoms with Gasteiger partial charge in [0.2, 0.25) is 0 Å². The number of likely N-dealkylation sites (N-methyl/N-ethyl adjacent to an activating group) is 1. The standard InChI is InChI=1S/C14H21NO/c1-15-9-12(11-16-2)8-14(10-15)13-6-4-3-5-7-13/h3-7,12,14H,8-11H2,1-2H3/t12-,14-/m1/s1. The van der Waals surface area contributed by atoms with Gasteiger partial charge in [-0.2, -0.15) is 0 Å². The topological polar surface area (TPSA) is 12.5 Å². The zero-order valence-corrected chi connectivity index (χ0v) is 10.2. The van der Waals surface area contributed by atoms with Crippen molar-refractivity contribution in [2.75, 3.05) is 33.9 Å². The van der Waals surface area contributed by atoms with Gasteiger partial charge in [0.15, 0.2) is 0 Å². The number of benzene rings is 1. The average Bonchev–Trinajstić information content (AvgIpc) is 2.30. The molecule has 1 aliphatic heterocycles. The molecular formula is C14H21NO. The van der Waals surface area contributed by atoms with E-state index in [9.17, 15) is 0 Å². The van der Waals surface area contributed by atoms with Crippen LogP contribution in [-0.4, -0.2) is 38.8 Å². The van der Waals surface area contributed by atoms with E-state index in [-0.39, 0.29) is 0 Å². The third kappa shape index (κ3) is 2.83. The first-order valence-electron chi connectivity index (χ1n) is 6.02. The van der Waals surface area contributed by atoms with Crippen molar-refractivity contribution in [1.82, 2.24) is 4.90 Å². The van der Waals surface area contributed by atoms with Crippen LogP contribution >= 0.6 is 0 Å².